The minimum absolute atomic E-state index is 0.143. The molecule has 2 aromatic carbocycles. The van der Waals surface area contributed by atoms with Crippen LogP contribution in [0.15, 0.2) is 46.9 Å². The van der Waals surface area contributed by atoms with Crippen molar-refractivity contribution in [3.63, 3.8) is 0 Å². The third-order valence-corrected chi connectivity index (χ3v) is 4.15. The maximum Gasteiger partial charge on any atom is 0.259 e. The van der Waals surface area contributed by atoms with Crippen molar-refractivity contribution in [1.29, 1.82) is 0 Å². The molecule has 0 unspecified atom stereocenters. The van der Waals surface area contributed by atoms with E-state index in [1.165, 1.54) is 0 Å². The molecule has 0 aliphatic rings. The van der Waals surface area contributed by atoms with Crippen LogP contribution in [0, 0.1) is 0 Å². The number of aromatic amines is 1. The molecule has 8 heteroatoms. The number of halogens is 3. The van der Waals surface area contributed by atoms with Crippen LogP contribution in [-0.2, 0) is 0 Å². The number of nitrogens with one attached hydrogen (secondary N) is 2. The van der Waals surface area contributed by atoms with Gasteiger partial charge in [-0.1, -0.05) is 51.3 Å². The first-order chi connectivity index (χ1) is 11.0. The van der Waals surface area contributed by atoms with E-state index in [2.05, 4.69) is 36.4 Å². The van der Waals surface area contributed by atoms with Gasteiger partial charge in [0.25, 0.3) is 5.91 Å². The van der Waals surface area contributed by atoms with Crippen LogP contribution < -0.4 is 5.32 Å². The van der Waals surface area contributed by atoms with Crippen molar-refractivity contribution in [1.82, 2.24) is 15.2 Å². The van der Waals surface area contributed by atoms with E-state index in [4.69, 9.17) is 23.2 Å². The molecule has 0 spiro atoms. The molecule has 1 aromatic heterocycles. The summed E-state index contributed by atoms with van der Waals surface area (Å²) in [5, 5.41) is 10.2. The van der Waals surface area contributed by atoms with Gasteiger partial charge in [0.05, 0.1) is 15.6 Å². The SMILES string of the molecule is O=C(Nc1n[nH]c(-c2ccccc2Cl)n1)c1ccc(Br)cc1Cl. The monoisotopic (exact) mass is 410 g/mol. The Kier molecular flexibility index (Phi) is 4.66. The van der Waals surface area contributed by atoms with E-state index in [1.54, 1.807) is 30.3 Å². The molecule has 0 fully saturated rings. The molecular weight excluding hydrogens is 403 g/mol. The number of carbonyl (C=O) groups excluding carboxylic acids is 1. The highest BCUT2D eigenvalue weighted by Crippen LogP contribution is 2.25. The lowest BCUT2D eigenvalue weighted by Gasteiger charge is -2.03. The molecule has 5 nitrogen and oxygen atoms in total. The van der Waals surface area contributed by atoms with Crippen molar-refractivity contribution in [2.24, 2.45) is 0 Å². The number of carbonyl (C=O) groups is 1. The van der Waals surface area contributed by atoms with Gasteiger partial charge in [-0.3, -0.25) is 15.2 Å². The van der Waals surface area contributed by atoms with Gasteiger partial charge < -0.3 is 0 Å². The van der Waals surface area contributed by atoms with E-state index in [9.17, 15) is 4.79 Å². The molecule has 3 aromatic rings. The van der Waals surface area contributed by atoms with Crippen molar-refractivity contribution in [2.45, 2.75) is 0 Å². The average molecular weight is 412 g/mol. The zero-order chi connectivity index (χ0) is 16.4. The van der Waals surface area contributed by atoms with Crippen LogP contribution in [-0.4, -0.2) is 21.1 Å². The van der Waals surface area contributed by atoms with Gasteiger partial charge in [-0.2, -0.15) is 4.98 Å². The predicted octanol–water partition coefficient (Wildman–Crippen LogP) is 4.79. The van der Waals surface area contributed by atoms with Crippen LogP contribution in [0.4, 0.5) is 5.95 Å². The first kappa shape index (κ1) is 16.0. The summed E-state index contributed by atoms with van der Waals surface area (Å²) < 4.78 is 0.790. The largest absolute Gasteiger partial charge is 0.289 e. The van der Waals surface area contributed by atoms with E-state index in [0.717, 1.165) is 4.47 Å². The Morgan fingerprint density at radius 2 is 1.91 bits per heavy atom. The summed E-state index contributed by atoms with van der Waals surface area (Å²) in [4.78, 5) is 16.4. The highest BCUT2D eigenvalue weighted by Gasteiger charge is 2.14. The van der Waals surface area contributed by atoms with Crippen LogP contribution in [0.5, 0.6) is 0 Å². The Morgan fingerprint density at radius 3 is 2.65 bits per heavy atom. The van der Waals surface area contributed by atoms with Gasteiger partial charge in [0.15, 0.2) is 5.82 Å². The molecule has 0 radical (unpaired) electrons. The molecule has 0 bridgehead atoms. The van der Waals surface area contributed by atoms with Gasteiger partial charge in [-0.25, -0.2) is 0 Å². The number of hydrogen-bond acceptors (Lipinski definition) is 3. The Labute approximate surface area is 150 Å². The van der Waals surface area contributed by atoms with E-state index < -0.39 is 5.91 Å². The van der Waals surface area contributed by atoms with E-state index in [0.29, 0.717) is 27.0 Å². The maximum atomic E-state index is 12.2. The highest BCUT2D eigenvalue weighted by molar-refractivity contribution is 9.10. The fraction of sp³-hybridized carbons (Fsp3) is 0. The molecule has 0 saturated carbocycles. The van der Waals surface area contributed by atoms with Gasteiger partial charge in [0, 0.05) is 10.0 Å². The van der Waals surface area contributed by atoms with Gasteiger partial charge in [0.1, 0.15) is 0 Å². The van der Waals surface area contributed by atoms with Gasteiger partial charge in [-0.15, -0.1) is 5.10 Å². The Balaban J connectivity index is 1.82. The maximum absolute atomic E-state index is 12.2. The lowest BCUT2D eigenvalue weighted by atomic mass is 10.2. The summed E-state index contributed by atoms with van der Waals surface area (Å²) in [6.07, 6.45) is 0. The van der Waals surface area contributed by atoms with Crippen LogP contribution in [0.25, 0.3) is 11.4 Å². The normalized spacial score (nSPS) is 10.6. The third kappa shape index (κ3) is 3.55. The Hall–Kier alpha value is -1.89. The summed E-state index contributed by atoms with van der Waals surface area (Å²) in [6.45, 7) is 0. The molecule has 3 rings (SSSR count). The second-order valence-electron chi connectivity index (χ2n) is 4.57. The summed E-state index contributed by atoms with van der Waals surface area (Å²) in [6, 6.07) is 12.2. The molecule has 0 atom stereocenters. The number of rotatable bonds is 3. The number of anilines is 1. The molecule has 116 valence electrons. The minimum atomic E-state index is -0.396. The van der Waals surface area contributed by atoms with Gasteiger partial charge in [-0.05, 0) is 30.3 Å². The highest BCUT2D eigenvalue weighted by atomic mass is 79.9. The quantitative estimate of drug-likeness (QED) is 0.650. The number of amides is 1. The zero-order valence-corrected chi connectivity index (χ0v) is 14.6. The number of nitrogens with zero attached hydrogens (tertiary/aromatic N) is 2. The third-order valence-electron chi connectivity index (χ3n) is 3.02. The average Bonchev–Trinajstić information content (AvgIpc) is 2.95. The van der Waals surface area contributed by atoms with Crippen molar-refractivity contribution >= 4 is 51.0 Å². The Morgan fingerprint density at radius 1 is 1.13 bits per heavy atom. The predicted molar refractivity (Wildman–Crippen MR) is 93.9 cm³/mol. The Bertz CT molecular complexity index is 881. The number of hydrogen-bond donors (Lipinski definition) is 2. The van der Waals surface area contributed by atoms with Crippen molar-refractivity contribution in [3.05, 3.63) is 62.5 Å². The molecule has 1 amide bonds. The molecular formula is C15H9BrCl2N4O. The second-order valence-corrected chi connectivity index (χ2v) is 6.30. The van der Waals surface area contributed by atoms with Gasteiger partial charge in [0.2, 0.25) is 5.95 Å². The fourth-order valence-electron chi connectivity index (χ4n) is 1.93. The fourth-order valence-corrected chi connectivity index (χ4v) is 2.92. The van der Waals surface area contributed by atoms with Crippen LogP contribution in [0.2, 0.25) is 10.0 Å². The molecule has 1 heterocycles. The van der Waals surface area contributed by atoms with Crippen LogP contribution in [0.1, 0.15) is 10.4 Å². The minimum Gasteiger partial charge on any atom is -0.289 e. The standard InChI is InChI=1S/C15H9BrCl2N4O/c16-8-5-6-10(12(18)7-8)14(23)20-15-19-13(21-22-15)9-3-1-2-4-11(9)17/h1-7H,(H2,19,20,21,22,23). The summed E-state index contributed by atoms with van der Waals surface area (Å²) in [5.41, 5.74) is 1.03. The number of H-pyrrole nitrogens is 1. The van der Waals surface area contributed by atoms with Crippen LogP contribution in [0.3, 0.4) is 0 Å². The topological polar surface area (TPSA) is 70.7 Å². The summed E-state index contributed by atoms with van der Waals surface area (Å²) >= 11 is 15.5. The first-order valence-corrected chi connectivity index (χ1v) is 8.03. The summed E-state index contributed by atoms with van der Waals surface area (Å²) in [5.74, 6) is 0.212. The summed E-state index contributed by atoms with van der Waals surface area (Å²) in [7, 11) is 0. The van der Waals surface area contributed by atoms with E-state index >= 15 is 0 Å². The van der Waals surface area contributed by atoms with Crippen LogP contribution >= 0.6 is 39.1 Å². The molecule has 23 heavy (non-hydrogen) atoms. The molecule has 2 N–H and O–H groups in total. The first-order valence-electron chi connectivity index (χ1n) is 6.48. The molecule has 0 saturated heterocycles. The lowest BCUT2D eigenvalue weighted by Crippen LogP contribution is -2.13. The van der Waals surface area contributed by atoms with Crippen molar-refractivity contribution < 1.29 is 4.79 Å². The smallest absolute Gasteiger partial charge is 0.259 e. The molecule has 0 aliphatic heterocycles. The van der Waals surface area contributed by atoms with Crippen molar-refractivity contribution in [2.75, 3.05) is 5.32 Å². The number of benzene rings is 2. The number of aromatic nitrogens is 3. The van der Waals surface area contributed by atoms with Gasteiger partial charge >= 0.3 is 0 Å². The van der Waals surface area contributed by atoms with Crippen molar-refractivity contribution in [3.8, 4) is 11.4 Å². The lowest BCUT2D eigenvalue weighted by molar-refractivity contribution is 0.102. The van der Waals surface area contributed by atoms with E-state index in [1.807, 2.05) is 12.1 Å². The van der Waals surface area contributed by atoms with E-state index in [-0.39, 0.29) is 5.95 Å². The molecule has 0 aliphatic carbocycles. The second kappa shape index (κ2) is 6.70. The zero-order valence-electron chi connectivity index (χ0n) is 11.5.